The number of aliphatic hydroxyl groups is 1. The molecule has 17 heavy (non-hydrogen) atoms. The summed E-state index contributed by atoms with van der Waals surface area (Å²) in [6.45, 7) is 3.37. The topological polar surface area (TPSA) is 53.1 Å². The van der Waals surface area contributed by atoms with E-state index < -0.39 is 5.60 Å². The van der Waals surface area contributed by atoms with Gasteiger partial charge in [-0.05, 0) is 26.0 Å². The number of benzene rings is 1. The van der Waals surface area contributed by atoms with E-state index in [2.05, 4.69) is 4.98 Å². The summed E-state index contributed by atoms with van der Waals surface area (Å²) in [7, 11) is 0. The van der Waals surface area contributed by atoms with E-state index in [9.17, 15) is 9.90 Å². The van der Waals surface area contributed by atoms with Gasteiger partial charge in [-0.15, -0.1) is 0 Å². The minimum absolute atomic E-state index is 0.626. The fraction of sp³-hybridized carbons (Fsp3) is 0.214. The van der Waals surface area contributed by atoms with Crippen LogP contribution in [0.1, 0.15) is 29.9 Å². The molecule has 0 unspecified atom stereocenters. The SMILES string of the molecule is CC(C)(O)/C=C/c1[nH]c2ccccc2c1C=O. The Hall–Kier alpha value is -1.87. The summed E-state index contributed by atoms with van der Waals surface area (Å²) in [6.07, 6.45) is 4.23. The molecule has 0 spiro atoms. The maximum Gasteiger partial charge on any atom is 0.152 e. The third-order valence-electron chi connectivity index (χ3n) is 2.55. The molecule has 0 radical (unpaired) electrons. The molecule has 0 aliphatic rings. The lowest BCUT2D eigenvalue weighted by atomic mass is 10.1. The number of nitrogens with one attached hydrogen (secondary N) is 1. The first kappa shape index (κ1) is 11.6. The summed E-state index contributed by atoms with van der Waals surface area (Å²) in [6, 6.07) is 7.63. The van der Waals surface area contributed by atoms with Gasteiger partial charge in [0.1, 0.15) is 0 Å². The quantitative estimate of drug-likeness (QED) is 0.795. The number of rotatable bonds is 3. The van der Waals surface area contributed by atoms with E-state index in [-0.39, 0.29) is 0 Å². The highest BCUT2D eigenvalue weighted by Gasteiger charge is 2.10. The van der Waals surface area contributed by atoms with Gasteiger partial charge in [-0.2, -0.15) is 0 Å². The predicted octanol–water partition coefficient (Wildman–Crippen LogP) is 2.76. The van der Waals surface area contributed by atoms with Crippen molar-refractivity contribution in [3.8, 4) is 0 Å². The number of fused-ring (bicyclic) bond motifs is 1. The number of aromatic amines is 1. The summed E-state index contributed by atoms with van der Waals surface area (Å²) in [5.74, 6) is 0. The molecular formula is C14H15NO2. The van der Waals surface area contributed by atoms with Gasteiger partial charge in [-0.3, -0.25) is 4.79 Å². The van der Waals surface area contributed by atoms with E-state index in [1.165, 1.54) is 0 Å². The minimum Gasteiger partial charge on any atom is -0.386 e. The van der Waals surface area contributed by atoms with Crippen molar-refractivity contribution in [1.82, 2.24) is 4.98 Å². The van der Waals surface area contributed by atoms with Gasteiger partial charge in [-0.1, -0.05) is 24.3 Å². The summed E-state index contributed by atoms with van der Waals surface area (Å²) in [5.41, 5.74) is 1.38. The lowest BCUT2D eigenvalue weighted by Gasteiger charge is -2.09. The van der Waals surface area contributed by atoms with Crippen LogP contribution in [-0.2, 0) is 0 Å². The molecule has 0 saturated carbocycles. The molecule has 1 heterocycles. The molecule has 0 fully saturated rings. The van der Waals surface area contributed by atoms with Crippen molar-refractivity contribution < 1.29 is 9.90 Å². The summed E-state index contributed by atoms with van der Waals surface area (Å²) >= 11 is 0. The van der Waals surface area contributed by atoms with Crippen LogP contribution >= 0.6 is 0 Å². The van der Waals surface area contributed by atoms with Gasteiger partial charge in [0.2, 0.25) is 0 Å². The van der Waals surface area contributed by atoms with Gasteiger partial charge >= 0.3 is 0 Å². The highest BCUT2D eigenvalue weighted by Crippen LogP contribution is 2.22. The molecule has 0 aliphatic heterocycles. The van der Waals surface area contributed by atoms with Crippen LogP contribution in [0.3, 0.4) is 0 Å². The number of H-pyrrole nitrogens is 1. The van der Waals surface area contributed by atoms with Gasteiger partial charge in [0.25, 0.3) is 0 Å². The third kappa shape index (κ3) is 2.45. The first-order chi connectivity index (χ1) is 8.01. The van der Waals surface area contributed by atoms with Crippen LogP contribution in [-0.4, -0.2) is 22.0 Å². The van der Waals surface area contributed by atoms with Crippen LogP contribution in [0.25, 0.3) is 17.0 Å². The zero-order chi connectivity index (χ0) is 12.5. The molecule has 1 aromatic carbocycles. The molecule has 2 rings (SSSR count). The number of hydrogen-bond donors (Lipinski definition) is 2. The number of aromatic nitrogens is 1. The van der Waals surface area contributed by atoms with Crippen molar-refractivity contribution in [2.75, 3.05) is 0 Å². The second kappa shape index (κ2) is 4.18. The molecule has 2 N–H and O–H groups in total. The van der Waals surface area contributed by atoms with Crippen molar-refractivity contribution in [3.63, 3.8) is 0 Å². The number of para-hydroxylation sites is 1. The van der Waals surface area contributed by atoms with E-state index >= 15 is 0 Å². The first-order valence-corrected chi connectivity index (χ1v) is 5.49. The molecule has 0 atom stereocenters. The first-order valence-electron chi connectivity index (χ1n) is 5.49. The van der Waals surface area contributed by atoms with Gasteiger partial charge in [0.15, 0.2) is 6.29 Å². The van der Waals surface area contributed by atoms with Crippen molar-refractivity contribution in [2.45, 2.75) is 19.4 Å². The Balaban J connectivity index is 2.54. The number of carbonyl (C=O) groups excluding carboxylic acids is 1. The molecule has 1 aromatic heterocycles. The Morgan fingerprint density at radius 1 is 1.29 bits per heavy atom. The van der Waals surface area contributed by atoms with Crippen molar-refractivity contribution >= 4 is 23.3 Å². The van der Waals surface area contributed by atoms with Crippen molar-refractivity contribution in [1.29, 1.82) is 0 Å². The zero-order valence-corrected chi connectivity index (χ0v) is 9.90. The standard InChI is InChI=1S/C14H15NO2/c1-14(2,17)8-7-13-11(9-16)10-5-3-4-6-12(10)15-13/h3-9,15,17H,1-2H3/b8-7+. The summed E-state index contributed by atoms with van der Waals surface area (Å²) in [5, 5.41) is 10.5. The Morgan fingerprint density at radius 2 is 2.00 bits per heavy atom. The fourth-order valence-corrected chi connectivity index (χ4v) is 1.73. The van der Waals surface area contributed by atoms with Gasteiger partial charge < -0.3 is 10.1 Å². The average molecular weight is 229 g/mol. The molecular weight excluding hydrogens is 214 g/mol. The Kier molecular flexibility index (Phi) is 2.86. The van der Waals surface area contributed by atoms with E-state index in [4.69, 9.17) is 0 Å². The van der Waals surface area contributed by atoms with Crippen LogP contribution in [0, 0.1) is 0 Å². The van der Waals surface area contributed by atoms with E-state index in [1.807, 2.05) is 24.3 Å². The number of aldehydes is 1. The normalized spacial score (nSPS) is 12.4. The molecule has 0 bridgehead atoms. The highest BCUT2D eigenvalue weighted by molar-refractivity contribution is 6.01. The summed E-state index contributed by atoms with van der Waals surface area (Å²) in [4.78, 5) is 14.3. The maximum absolute atomic E-state index is 11.1. The monoisotopic (exact) mass is 229 g/mol. The molecule has 0 saturated heterocycles. The third-order valence-corrected chi connectivity index (χ3v) is 2.55. The maximum atomic E-state index is 11.1. The lowest BCUT2D eigenvalue weighted by Crippen LogP contribution is -2.13. The minimum atomic E-state index is -0.891. The summed E-state index contributed by atoms with van der Waals surface area (Å²) < 4.78 is 0. The highest BCUT2D eigenvalue weighted by atomic mass is 16.3. The Labute approximate surface area is 99.8 Å². The molecule has 3 heteroatoms. The van der Waals surface area contributed by atoms with Crippen LogP contribution in [0.4, 0.5) is 0 Å². The van der Waals surface area contributed by atoms with Crippen LogP contribution in [0.2, 0.25) is 0 Å². The average Bonchev–Trinajstić information content (AvgIpc) is 2.63. The smallest absolute Gasteiger partial charge is 0.152 e. The van der Waals surface area contributed by atoms with Crippen LogP contribution in [0.15, 0.2) is 30.3 Å². The largest absolute Gasteiger partial charge is 0.386 e. The Bertz CT molecular complexity index is 573. The van der Waals surface area contributed by atoms with Gasteiger partial charge in [0.05, 0.1) is 5.60 Å². The van der Waals surface area contributed by atoms with Crippen molar-refractivity contribution in [3.05, 3.63) is 41.6 Å². The second-order valence-corrected chi connectivity index (χ2v) is 4.60. The molecule has 0 aliphatic carbocycles. The van der Waals surface area contributed by atoms with Crippen molar-refractivity contribution in [2.24, 2.45) is 0 Å². The zero-order valence-electron chi connectivity index (χ0n) is 9.90. The van der Waals surface area contributed by atoms with Gasteiger partial charge in [-0.25, -0.2) is 0 Å². The number of carbonyl (C=O) groups is 1. The van der Waals surface area contributed by atoms with E-state index in [0.29, 0.717) is 5.56 Å². The Morgan fingerprint density at radius 3 is 2.65 bits per heavy atom. The fourth-order valence-electron chi connectivity index (χ4n) is 1.73. The molecule has 3 nitrogen and oxygen atoms in total. The van der Waals surface area contributed by atoms with Crippen LogP contribution < -0.4 is 0 Å². The van der Waals surface area contributed by atoms with E-state index in [0.717, 1.165) is 22.9 Å². The van der Waals surface area contributed by atoms with E-state index in [1.54, 1.807) is 26.0 Å². The predicted molar refractivity (Wildman–Crippen MR) is 69.0 cm³/mol. The van der Waals surface area contributed by atoms with Gasteiger partial charge in [0, 0.05) is 22.2 Å². The molecule has 2 aromatic rings. The second-order valence-electron chi connectivity index (χ2n) is 4.60. The molecule has 0 amide bonds. The number of hydrogen-bond acceptors (Lipinski definition) is 2. The molecule has 88 valence electrons. The lowest BCUT2D eigenvalue weighted by molar-refractivity contribution is 0.112. The van der Waals surface area contributed by atoms with Crippen LogP contribution in [0.5, 0.6) is 0 Å².